The second-order valence-electron chi connectivity index (χ2n) is 5.97. The van der Waals surface area contributed by atoms with E-state index in [0.29, 0.717) is 24.3 Å². The molecular weight excluding hydrogens is 306 g/mol. The van der Waals surface area contributed by atoms with Crippen molar-refractivity contribution in [3.8, 4) is 11.8 Å². The van der Waals surface area contributed by atoms with Gasteiger partial charge in [0.2, 0.25) is 0 Å². The number of rotatable bonds is 2. The number of fused-ring (bicyclic) bond motifs is 1. The predicted molar refractivity (Wildman–Crippen MR) is 88.4 cm³/mol. The van der Waals surface area contributed by atoms with E-state index in [1.165, 1.54) is 4.90 Å². The van der Waals surface area contributed by atoms with E-state index in [9.17, 15) is 9.59 Å². The van der Waals surface area contributed by atoms with E-state index in [1.54, 1.807) is 42.8 Å². The molecular formula is C17H19N5O2. The number of carbonyl (C=O) groups excluding carboxylic acids is 2. The van der Waals surface area contributed by atoms with Gasteiger partial charge >= 0.3 is 0 Å². The van der Waals surface area contributed by atoms with Crippen LogP contribution in [-0.4, -0.2) is 63.4 Å². The van der Waals surface area contributed by atoms with E-state index in [2.05, 4.69) is 21.9 Å². The molecule has 1 fully saturated rings. The molecule has 0 N–H and O–H groups in total. The van der Waals surface area contributed by atoms with Gasteiger partial charge in [0.15, 0.2) is 5.65 Å². The number of amides is 2. The van der Waals surface area contributed by atoms with Crippen molar-refractivity contribution >= 4 is 17.5 Å². The maximum atomic E-state index is 12.2. The Morgan fingerprint density at radius 3 is 2.88 bits per heavy atom. The van der Waals surface area contributed by atoms with Crippen molar-refractivity contribution in [3.63, 3.8) is 0 Å². The molecule has 0 aliphatic carbocycles. The fourth-order valence-electron chi connectivity index (χ4n) is 2.98. The maximum absolute atomic E-state index is 12.2. The molecule has 0 aromatic carbocycles. The zero-order valence-corrected chi connectivity index (χ0v) is 14.0. The molecule has 1 saturated heterocycles. The van der Waals surface area contributed by atoms with Crippen molar-refractivity contribution in [2.45, 2.75) is 19.3 Å². The van der Waals surface area contributed by atoms with E-state index < -0.39 is 0 Å². The molecule has 24 heavy (non-hydrogen) atoms. The summed E-state index contributed by atoms with van der Waals surface area (Å²) in [5.41, 5.74) is 1.98. The molecule has 0 spiro atoms. The third-order valence-corrected chi connectivity index (χ3v) is 4.19. The van der Waals surface area contributed by atoms with Crippen molar-refractivity contribution in [2.24, 2.45) is 0 Å². The van der Waals surface area contributed by atoms with Crippen molar-refractivity contribution < 1.29 is 9.59 Å². The lowest BCUT2D eigenvalue weighted by atomic mass is 10.0. The highest BCUT2D eigenvalue weighted by molar-refractivity contribution is 5.99. The van der Waals surface area contributed by atoms with Gasteiger partial charge in [0.05, 0.1) is 11.9 Å². The third kappa shape index (κ3) is 2.71. The Balaban J connectivity index is 1.92. The normalized spacial score (nSPS) is 16.8. The molecule has 1 unspecified atom stereocenters. The maximum Gasteiger partial charge on any atom is 0.298 e. The first kappa shape index (κ1) is 16.0. The van der Waals surface area contributed by atoms with Gasteiger partial charge in [0.25, 0.3) is 11.8 Å². The summed E-state index contributed by atoms with van der Waals surface area (Å²) in [5.74, 6) is 5.10. The van der Waals surface area contributed by atoms with Crippen molar-refractivity contribution in [1.29, 1.82) is 0 Å². The first-order valence-electron chi connectivity index (χ1n) is 7.79. The predicted octanol–water partition coefficient (Wildman–Crippen LogP) is 0.770. The molecule has 124 valence electrons. The molecule has 7 nitrogen and oxygen atoms in total. The van der Waals surface area contributed by atoms with Gasteiger partial charge in [-0.3, -0.25) is 9.59 Å². The number of likely N-dealkylation sites (tertiary alicyclic amines) is 1. The van der Waals surface area contributed by atoms with Crippen LogP contribution in [0.2, 0.25) is 0 Å². The van der Waals surface area contributed by atoms with Crippen LogP contribution in [0.4, 0.5) is 0 Å². The first-order valence-corrected chi connectivity index (χ1v) is 7.79. The van der Waals surface area contributed by atoms with Crippen LogP contribution in [0, 0.1) is 11.8 Å². The number of hydrogen-bond acceptors (Lipinski definition) is 4. The lowest BCUT2D eigenvalue weighted by molar-refractivity contribution is -0.124. The van der Waals surface area contributed by atoms with Crippen LogP contribution >= 0.6 is 0 Å². The SMILES string of the molecule is CC#CC(=O)N1CCC(c2ccnc3c(C(=O)N(C)C)cnn23)C1. The summed E-state index contributed by atoms with van der Waals surface area (Å²) < 4.78 is 1.71. The van der Waals surface area contributed by atoms with Crippen molar-refractivity contribution in [2.75, 3.05) is 27.2 Å². The summed E-state index contributed by atoms with van der Waals surface area (Å²) in [5, 5.41) is 4.35. The van der Waals surface area contributed by atoms with Gasteiger partial charge < -0.3 is 9.80 Å². The molecule has 1 atom stereocenters. The van der Waals surface area contributed by atoms with Gasteiger partial charge in [-0.1, -0.05) is 5.92 Å². The quantitative estimate of drug-likeness (QED) is 0.765. The van der Waals surface area contributed by atoms with Gasteiger partial charge in [-0.25, -0.2) is 9.50 Å². The van der Waals surface area contributed by atoms with E-state index >= 15 is 0 Å². The zero-order valence-electron chi connectivity index (χ0n) is 14.0. The summed E-state index contributed by atoms with van der Waals surface area (Å²) >= 11 is 0. The highest BCUT2D eigenvalue weighted by Gasteiger charge is 2.29. The van der Waals surface area contributed by atoms with Crippen LogP contribution in [0.15, 0.2) is 18.5 Å². The average Bonchev–Trinajstić information content (AvgIpc) is 3.21. The van der Waals surface area contributed by atoms with Crippen molar-refractivity contribution in [1.82, 2.24) is 24.4 Å². The smallest absolute Gasteiger partial charge is 0.298 e. The third-order valence-electron chi connectivity index (χ3n) is 4.19. The van der Waals surface area contributed by atoms with Gasteiger partial charge in [0.1, 0.15) is 5.56 Å². The summed E-state index contributed by atoms with van der Waals surface area (Å²) in [4.78, 5) is 31.7. The Kier molecular flexibility index (Phi) is 4.21. The van der Waals surface area contributed by atoms with Crippen LogP contribution in [0.25, 0.3) is 5.65 Å². The topological polar surface area (TPSA) is 70.8 Å². The molecule has 3 heterocycles. The lowest BCUT2D eigenvalue weighted by Crippen LogP contribution is -2.27. The minimum absolute atomic E-state index is 0.129. The van der Waals surface area contributed by atoms with E-state index in [1.807, 2.05) is 6.07 Å². The Morgan fingerprint density at radius 1 is 1.38 bits per heavy atom. The largest absolute Gasteiger partial charge is 0.345 e. The van der Waals surface area contributed by atoms with Crippen LogP contribution in [0.5, 0.6) is 0 Å². The van der Waals surface area contributed by atoms with Crippen LogP contribution < -0.4 is 0 Å². The lowest BCUT2D eigenvalue weighted by Gasteiger charge is -2.14. The number of carbonyl (C=O) groups is 2. The Labute approximate surface area is 140 Å². The number of aromatic nitrogens is 3. The Bertz CT molecular complexity index is 859. The molecule has 1 aliphatic heterocycles. The molecule has 2 amide bonds. The van der Waals surface area contributed by atoms with E-state index in [4.69, 9.17) is 0 Å². The van der Waals surface area contributed by atoms with Gasteiger partial charge in [-0.2, -0.15) is 5.10 Å². The summed E-state index contributed by atoms with van der Waals surface area (Å²) in [6.07, 6.45) is 4.08. The molecule has 7 heteroatoms. The Morgan fingerprint density at radius 2 is 2.17 bits per heavy atom. The Hall–Kier alpha value is -2.88. The monoisotopic (exact) mass is 325 g/mol. The van der Waals surface area contributed by atoms with Gasteiger partial charge in [-0.15, -0.1) is 0 Å². The molecule has 2 aromatic heterocycles. The fraction of sp³-hybridized carbons (Fsp3) is 0.412. The van der Waals surface area contributed by atoms with E-state index in [-0.39, 0.29) is 17.7 Å². The molecule has 2 aromatic rings. The molecule has 0 bridgehead atoms. The summed E-state index contributed by atoms with van der Waals surface area (Å²) in [6, 6.07) is 1.90. The number of nitrogens with zero attached hydrogens (tertiary/aromatic N) is 5. The number of hydrogen-bond donors (Lipinski definition) is 0. The molecule has 0 radical (unpaired) electrons. The minimum atomic E-state index is -0.144. The minimum Gasteiger partial charge on any atom is -0.345 e. The zero-order chi connectivity index (χ0) is 17.3. The highest BCUT2D eigenvalue weighted by Crippen LogP contribution is 2.27. The molecule has 0 saturated carbocycles. The van der Waals surface area contributed by atoms with Crippen LogP contribution in [0.1, 0.15) is 35.3 Å². The second-order valence-corrected chi connectivity index (χ2v) is 5.97. The fourth-order valence-corrected chi connectivity index (χ4v) is 2.98. The highest BCUT2D eigenvalue weighted by atomic mass is 16.2. The van der Waals surface area contributed by atoms with Crippen LogP contribution in [0.3, 0.4) is 0 Å². The standard InChI is InChI=1S/C17H19N5O2/c1-4-5-15(23)21-9-7-12(11-21)14-6-8-18-16-13(10-19-22(14)16)17(24)20(2)3/h6,8,10,12H,7,9,11H2,1-3H3. The average molecular weight is 325 g/mol. The molecule has 1 aliphatic rings. The van der Waals surface area contributed by atoms with E-state index in [0.717, 1.165) is 12.1 Å². The van der Waals surface area contributed by atoms with Gasteiger partial charge in [-0.05, 0) is 25.3 Å². The summed E-state index contributed by atoms with van der Waals surface area (Å²) in [7, 11) is 3.40. The second kappa shape index (κ2) is 6.32. The first-order chi connectivity index (χ1) is 11.5. The molecule has 3 rings (SSSR count). The van der Waals surface area contributed by atoms with Crippen LogP contribution in [-0.2, 0) is 4.79 Å². The van der Waals surface area contributed by atoms with Gasteiger partial charge in [0, 0.05) is 39.3 Å². The van der Waals surface area contributed by atoms with Crippen molar-refractivity contribution in [3.05, 3.63) is 29.7 Å². The summed E-state index contributed by atoms with van der Waals surface area (Å²) in [6.45, 7) is 2.93.